The smallest absolute Gasteiger partial charge is 0.153 e. The van der Waals surface area contributed by atoms with E-state index >= 15 is 0 Å². The molecule has 0 bridgehead atoms. The Morgan fingerprint density at radius 3 is 2.33 bits per heavy atom. The van der Waals surface area contributed by atoms with Crippen LogP contribution in [0.3, 0.4) is 0 Å². The van der Waals surface area contributed by atoms with Crippen molar-refractivity contribution in [2.24, 2.45) is 10.9 Å². The molecular formula is C17H27N3O. The lowest BCUT2D eigenvalue weighted by Crippen LogP contribution is -2.40. The first kappa shape index (κ1) is 15.8. The first-order chi connectivity index (χ1) is 10.0. The maximum atomic E-state index is 8.87. The van der Waals surface area contributed by atoms with E-state index in [1.165, 1.54) is 47.9 Å². The minimum absolute atomic E-state index is 0.296. The van der Waals surface area contributed by atoms with Gasteiger partial charge in [0.15, 0.2) is 5.84 Å². The Hall–Kier alpha value is -1.55. The number of hydrogen-bond acceptors (Lipinski definition) is 3. The van der Waals surface area contributed by atoms with Crippen LogP contribution in [0.15, 0.2) is 17.3 Å². The topological polar surface area (TPSA) is 61.8 Å². The first-order valence-corrected chi connectivity index (χ1v) is 7.78. The van der Waals surface area contributed by atoms with Gasteiger partial charge in [-0.05, 0) is 50.3 Å². The van der Waals surface area contributed by atoms with Crippen molar-refractivity contribution in [3.05, 3.63) is 34.4 Å². The second-order valence-corrected chi connectivity index (χ2v) is 6.31. The summed E-state index contributed by atoms with van der Waals surface area (Å²) in [5.74, 6) is 0.296. The van der Waals surface area contributed by atoms with E-state index in [0.29, 0.717) is 18.4 Å². The van der Waals surface area contributed by atoms with Gasteiger partial charge < -0.3 is 10.9 Å². The second-order valence-electron chi connectivity index (χ2n) is 6.31. The van der Waals surface area contributed by atoms with Gasteiger partial charge in [-0.3, -0.25) is 4.90 Å². The molecule has 1 fully saturated rings. The SMILES string of the molecule is Cc1cc(C)c(CN(CC(N)=NO)C2CCCC2)c(C)c1. The van der Waals surface area contributed by atoms with Crippen LogP contribution in [0.5, 0.6) is 0 Å². The third kappa shape index (κ3) is 3.97. The summed E-state index contributed by atoms with van der Waals surface area (Å²) < 4.78 is 0. The maximum absolute atomic E-state index is 8.87. The van der Waals surface area contributed by atoms with Gasteiger partial charge >= 0.3 is 0 Å². The molecule has 0 saturated heterocycles. The second kappa shape index (κ2) is 6.94. The van der Waals surface area contributed by atoms with Gasteiger partial charge in [-0.25, -0.2) is 0 Å². The van der Waals surface area contributed by atoms with E-state index in [-0.39, 0.29) is 0 Å². The van der Waals surface area contributed by atoms with Crippen molar-refractivity contribution in [3.63, 3.8) is 0 Å². The minimum atomic E-state index is 0.296. The van der Waals surface area contributed by atoms with E-state index in [2.05, 4.69) is 43.0 Å². The van der Waals surface area contributed by atoms with Gasteiger partial charge in [-0.1, -0.05) is 35.7 Å². The molecule has 0 heterocycles. The predicted octanol–water partition coefficient (Wildman–Crippen LogP) is 3.10. The van der Waals surface area contributed by atoms with Gasteiger partial charge in [0, 0.05) is 12.6 Å². The normalized spacial score (nSPS) is 16.9. The molecule has 1 aromatic carbocycles. The van der Waals surface area contributed by atoms with Gasteiger partial charge in [0.2, 0.25) is 0 Å². The number of rotatable bonds is 5. The number of benzene rings is 1. The van der Waals surface area contributed by atoms with Crippen molar-refractivity contribution in [2.45, 2.75) is 59.0 Å². The molecule has 0 atom stereocenters. The summed E-state index contributed by atoms with van der Waals surface area (Å²) >= 11 is 0. The number of aryl methyl sites for hydroxylation is 3. The van der Waals surface area contributed by atoms with Crippen LogP contribution in [0.25, 0.3) is 0 Å². The highest BCUT2D eigenvalue weighted by atomic mass is 16.4. The Balaban J connectivity index is 2.22. The molecule has 21 heavy (non-hydrogen) atoms. The van der Waals surface area contributed by atoms with Crippen LogP contribution in [-0.4, -0.2) is 28.5 Å². The number of nitrogens with zero attached hydrogens (tertiary/aromatic N) is 2. The molecule has 0 spiro atoms. The number of amidine groups is 1. The van der Waals surface area contributed by atoms with Crippen molar-refractivity contribution in [1.29, 1.82) is 0 Å². The number of hydrogen-bond donors (Lipinski definition) is 2. The van der Waals surface area contributed by atoms with E-state index < -0.39 is 0 Å². The van der Waals surface area contributed by atoms with E-state index in [1.54, 1.807) is 0 Å². The predicted molar refractivity (Wildman–Crippen MR) is 86.7 cm³/mol. The third-order valence-electron chi connectivity index (χ3n) is 4.54. The average molecular weight is 289 g/mol. The molecule has 116 valence electrons. The quantitative estimate of drug-likeness (QED) is 0.379. The molecule has 0 aromatic heterocycles. The number of nitrogens with two attached hydrogens (primary N) is 1. The zero-order chi connectivity index (χ0) is 15.4. The molecular weight excluding hydrogens is 262 g/mol. The molecule has 4 heteroatoms. The highest BCUT2D eigenvalue weighted by molar-refractivity contribution is 5.81. The molecule has 1 aliphatic carbocycles. The van der Waals surface area contributed by atoms with Gasteiger partial charge in [-0.2, -0.15) is 0 Å². The van der Waals surface area contributed by atoms with Crippen molar-refractivity contribution in [2.75, 3.05) is 6.54 Å². The van der Waals surface area contributed by atoms with Crippen molar-refractivity contribution < 1.29 is 5.21 Å². The fraction of sp³-hybridized carbons (Fsp3) is 0.588. The summed E-state index contributed by atoms with van der Waals surface area (Å²) in [6, 6.07) is 5.02. The summed E-state index contributed by atoms with van der Waals surface area (Å²) in [4.78, 5) is 2.37. The summed E-state index contributed by atoms with van der Waals surface area (Å²) in [7, 11) is 0. The van der Waals surface area contributed by atoms with E-state index in [9.17, 15) is 0 Å². The Bertz CT molecular complexity index is 496. The summed E-state index contributed by atoms with van der Waals surface area (Å²) in [5, 5.41) is 12.0. The maximum Gasteiger partial charge on any atom is 0.153 e. The molecule has 1 saturated carbocycles. The van der Waals surface area contributed by atoms with Crippen LogP contribution in [-0.2, 0) is 6.54 Å². The molecule has 0 amide bonds. The van der Waals surface area contributed by atoms with Gasteiger partial charge in [0.1, 0.15) is 0 Å². The Morgan fingerprint density at radius 2 is 1.81 bits per heavy atom. The van der Waals surface area contributed by atoms with Crippen LogP contribution >= 0.6 is 0 Å². The molecule has 1 aliphatic rings. The van der Waals surface area contributed by atoms with Crippen molar-refractivity contribution in [1.82, 2.24) is 4.90 Å². The van der Waals surface area contributed by atoms with Gasteiger partial charge in [0.25, 0.3) is 0 Å². The lowest BCUT2D eigenvalue weighted by atomic mass is 9.98. The van der Waals surface area contributed by atoms with Gasteiger partial charge in [-0.15, -0.1) is 0 Å². The fourth-order valence-electron chi connectivity index (χ4n) is 3.49. The van der Waals surface area contributed by atoms with Crippen LogP contribution in [0.4, 0.5) is 0 Å². The summed E-state index contributed by atoms with van der Waals surface area (Å²) in [5.41, 5.74) is 11.1. The lowest BCUT2D eigenvalue weighted by molar-refractivity contribution is 0.213. The monoisotopic (exact) mass is 289 g/mol. The largest absolute Gasteiger partial charge is 0.409 e. The number of oxime groups is 1. The van der Waals surface area contributed by atoms with Crippen molar-refractivity contribution in [3.8, 4) is 0 Å². The van der Waals surface area contributed by atoms with E-state index in [1.807, 2.05) is 0 Å². The fourth-order valence-corrected chi connectivity index (χ4v) is 3.49. The highest BCUT2D eigenvalue weighted by Crippen LogP contribution is 2.26. The molecule has 3 N–H and O–H groups in total. The van der Waals surface area contributed by atoms with Gasteiger partial charge in [0.05, 0.1) is 6.54 Å². The molecule has 1 aromatic rings. The standard InChI is InChI=1S/C17H27N3O/c1-12-8-13(2)16(14(3)9-12)10-20(11-17(18)19-21)15-6-4-5-7-15/h8-9,15,21H,4-7,10-11H2,1-3H3,(H2,18,19). The molecule has 4 nitrogen and oxygen atoms in total. The van der Waals surface area contributed by atoms with E-state index in [0.717, 1.165) is 6.54 Å². The van der Waals surface area contributed by atoms with Crippen molar-refractivity contribution >= 4 is 5.84 Å². The lowest BCUT2D eigenvalue weighted by Gasteiger charge is -2.29. The average Bonchev–Trinajstić information content (AvgIpc) is 2.95. The first-order valence-electron chi connectivity index (χ1n) is 7.78. The van der Waals surface area contributed by atoms with Crippen LogP contribution in [0.1, 0.15) is 47.9 Å². The molecule has 0 unspecified atom stereocenters. The zero-order valence-electron chi connectivity index (χ0n) is 13.4. The third-order valence-corrected chi connectivity index (χ3v) is 4.54. The molecule has 0 radical (unpaired) electrons. The highest BCUT2D eigenvalue weighted by Gasteiger charge is 2.24. The van der Waals surface area contributed by atoms with Crippen LogP contribution in [0, 0.1) is 20.8 Å². The van der Waals surface area contributed by atoms with Crippen LogP contribution < -0.4 is 5.73 Å². The van der Waals surface area contributed by atoms with Crippen LogP contribution in [0.2, 0.25) is 0 Å². The Kier molecular flexibility index (Phi) is 5.23. The Labute approximate surface area is 127 Å². The molecule has 2 rings (SSSR count). The summed E-state index contributed by atoms with van der Waals surface area (Å²) in [6.45, 7) is 7.89. The minimum Gasteiger partial charge on any atom is -0.409 e. The molecule has 0 aliphatic heterocycles. The van der Waals surface area contributed by atoms with E-state index in [4.69, 9.17) is 10.9 Å². The summed E-state index contributed by atoms with van der Waals surface area (Å²) in [6.07, 6.45) is 4.98. The Morgan fingerprint density at radius 1 is 1.24 bits per heavy atom. The zero-order valence-corrected chi connectivity index (χ0v) is 13.4.